The summed E-state index contributed by atoms with van der Waals surface area (Å²) in [5, 5.41) is 8.35. The summed E-state index contributed by atoms with van der Waals surface area (Å²) in [7, 11) is 0. The molecule has 0 aliphatic carbocycles. The molecule has 7 nitrogen and oxygen atoms in total. The van der Waals surface area contributed by atoms with E-state index in [1.165, 1.54) is 12.1 Å². The van der Waals surface area contributed by atoms with E-state index in [1.807, 2.05) is 24.4 Å². The van der Waals surface area contributed by atoms with Crippen LogP contribution in [0.15, 0.2) is 55.1 Å². The minimum Gasteiger partial charge on any atom is -0.356 e. The molecule has 1 saturated heterocycles. The largest absolute Gasteiger partial charge is 0.356 e. The van der Waals surface area contributed by atoms with Crippen LogP contribution in [0.1, 0.15) is 12.8 Å². The third-order valence-electron chi connectivity index (χ3n) is 5.30. The van der Waals surface area contributed by atoms with Crippen LogP contribution in [0, 0.1) is 5.82 Å². The van der Waals surface area contributed by atoms with Gasteiger partial charge in [0, 0.05) is 42.7 Å². The predicted molar refractivity (Wildman–Crippen MR) is 114 cm³/mol. The van der Waals surface area contributed by atoms with E-state index in [0.29, 0.717) is 16.6 Å². The number of piperidine rings is 1. The number of hydrogen-bond donors (Lipinski definition) is 1. The Labute approximate surface area is 177 Å². The fourth-order valence-corrected chi connectivity index (χ4v) is 4.06. The Bertz CT molecular complexity index is 1170. The molecule has 0 radical (unpaired) electrons. The molecule has 0 spiro atoms. The van der Waals surface area contributed by atoms with Crippen LogP contribution in [-0.4, -0.2) is 43.7 Å². The highest BCUT2D eigenvalue weighted by molar-refractivity contribution is 6.33. The van der Waals surface area contributed by atoms with E-state index in [-0.39, 0.29) is 11.9 Å². The molecule has 4 aromatic rings. The zero-order valence-electron chi connectivity index (χ0n) is 16.0. The average molecular weight is 424 g/mol. The van der Waals surface area contributed by atoms with Gasteiger partial charge in [-0.1, -0.05) is 11.6 Å². The number of rotatable bonds is 4. The smallest absolute Gasteiger partial charge is 0.243 e. The van der Waals surface area contributed by atoms with E-state index in [4.69, 9.17) is 11.6 Å². The van der Waals surface area contributed by atoms with Crippen LogP contribution in [0.2, 0.25) is 5.02 Å². The van der Waals surface area contributed by atoms with Crippen molar-refractivity contribution in [1.82, 2.24) is 24.6 Å². The van der Waals surface area contributed by atoms with E-state index < -0.39 is 0 Å². The van der Waals surface area contributed by atoms with E-state index >= 15 is 0 Å². The third kappa shape index (κ3) is 3.66. The summed E-state index contributed by atoms with van der Waals surface area (Å²) < 4.78 is 15.2. The number of hydrogen-bond acceptors (Lipinski definition) is 6. The maximum atomic E-state index is 13.4. The molecule has 1 aromatic carbocycles. The number of halogens is 2. The fraction of sp³-hybridized carbons (Fsp3) is 0.238. The molecule has 4 heterocycles. The van der Waals surface area contributed by atoms with Gasteiger partial charge in [0.25, 0.3) is 0 Å². The lowest BCUT2D eigenvalue weighted by atomic mass is 10.1. The van der Waals surface area contributed by atoms with Gasteiger partial charge < -0.3 is 10.2 Å². The molecule has 30 heavy (non-hydrogen) atoms. The zero-order valence-corrected chi connectivity index (χ0v) is 16.8. The standard InChI is InChI=1S/C21H19ClFN7/c22-18-12-14(23)3-4-16(18)17-2-1-9-30-20(17)27-21(28-30)26-15-6-10-29(11-7-15)19-5-8-24-13-25-19/h1-5,8-9,12-13,15H,6-7,10-11H2,(H,26,28). The Morgan fingerprint density at radius 3 is 2.73 bits per heavy atom. The SMILES string of the molecule is Fc1ccc(-c2cccn3nc(NC4CCN(c5ccncn5)CC4)nc23)c(Cl)c1. The molecule has 0 saturated carbocycles. The number of nitrogens with one attached hydrogen (secondary N) is 1. The van der Waals surface area contributed by atoms with Crippen molar-refractivity contribution in [2.75, 3.05) is 23.3 Å². The molecule has 3 aromatic heterocycles. The van der Waals surface area contributed by atoms with Crippen molar-refractivity contribution in [3.63, 3.8) is 0 Å². The molecule has 1 aliphatic heterocycles. The summed E-state index contributed by atoms with van der Waals surface area (Å²) in [6, 6.07) is 10.4. The molecule has 9 heteroatoms. The molecule has 0 unspecified atom stereocenters. The van der Waals surface area contributed by atoms with Crippen molar-refractivity contribution in [2.24, 2.45) is 0 Å². The number of fused-ring (bicyclic) bond motifs is 1. The van der Waals surface area contributed by atoms with Crippen molar-refractivity contribution >= 4 is 29.0 Å². The van der Waals surface area contributed by atoms with Crippen LogP contribution in [0.25, 0.3) is 16.8 Å². The quantitative estimate of drug-likeness (QED) is 0.533. The normalized spacial score (nSPS) is 14.9. The van der Waals surface area contributed by atoms with E-state index in [1.54, 1.807) is 23.1 Å². The lowest BCUT2D eigenvalue weighted by Crippen LogP contribution is -2.39. The highest BCUT2D eigenvalue weighted by Crippen LogP contribution is 2.31. The summed E-state index contributed by atoms with van der Waals surface area (Å²) in [5.41, 5.74) is 2.20. The van der Waals surface area contributed by atoms with Crippen molar-refractivity contribution in [2.45, 2.75) is 18.9 Å². The first-order chi connectivity index (χ1) is 14.7. The second-order valence-corrected chi connectivity index (χ2v) is 7.63. The lowest BCUT2D eigenvalue weighted by molar-refractivity contribution is 0.521. The first kappa shape index (κ1) is 18.7. The summed E-state index contributed by atoms with van der Waals surface area (Å²) in [6.45, 7) is 1.80. The molecular formula is C21H19ClFN7. The lowest BCUT2D eigenvalue weighted by Gasteiger charge is -2.32. The van der Waals surface area contributed by atoms with Crippen LogP contribution in [0.4, 0.5) is 16.2 Å². The van der Waals surface area contributed by atoms with Gasteiger partial charge in [0.2, 0.25) is 5.95 Å². The molecule has 0 atom stereocenters. The maximum absolute atomic E-state index is 13.4. The minimum absolute atomic E-state index is 0.276. The third-order valence-corrected chi connectivity index (χ3v) is 5.61. The van der Waals surface area contributed by atoms with E-state index in [9.17, 15) is 4.39 Å². The average Bonchev–Trinajstić information content (AvgIpc) is 3.18. The number of anilines is 2. The minimum atomic E-state index is -0.368. The number of aromatic nitrogens is 5. The van der Waals surface area contributed by atoms with Crippen molar-refractivity contribution < 1.29 is 4.39 Å². The van der Waals surface area contributed by atoms with Gasteiger partial charge in [0.05, 0.1) is 5.02 Å². The van der Waals surface area contributed by atoms with Crippen molar-refractivity contribution in [3.05, 3.63) is 66.0 Å². The summed E-state index contributed by atoms with van der Waals surface area (Å²) in [6.07, 6.45) is 7.09. The van der Waals surface area contributed by atoms with E-state index in [2.05, 4.69) is 30.3 Å². The highest BCUT2D eigenvalue weighted by atomic mass is 35.5. The van der Waals surface area contributed by atoms with Crippen LogP contribution >= 0.6 is 11.6 Å². The van der Waals surface area contributed by atoms with Gasteiger partial charge in [0.15, 0.2) is 5.65 Å². The number of nitrogens with zero attached hydrogens (tertiary/aromatic N) is 6. The van der Waals surface area contributed by atoms with Gasteiger partial charge in [-0.05, 0) is 49.2 Å². The molecule has 0 amide bonds. The van der Waals surface area contributed by atoms with Gasteiger partial charge in [-0.3, -0.25) is 0 Å². The second kappa shape index (κ2) is 7.87. The number of pyridine rings is 1. The van der Waals surface area contributed by atoms with Crippen molar-refractivity contribution in [1.29, 1.82) is 0 Å². The van der Waals surface area contributed by atoms with Crippen LogP contribution < -0.4 is 10.2 Å². The van der Waals surface area contributed by atoms with E-state index in [0.717, 1.165) is 42.9 Å². The molecule has 5 rings (SSSR count). The Balaban J connectivity index is 1.34. The van der Waals surface area contributed by atoms with Gasteiger partial charge in [0.1, 0.15) is 18.0 Å². The van der Waals surface area contributed by atoms with Gasteiger partial charge >= 0.3 is 0 Å². The predicted octanol–water partition coefficient (Wildman–Crippen LogP) is 4.06. The Morgan fingerprint density at radius 2 is 1.97 bits per heavy atom. The fourth-order valence-electron chi connectivity index (χ4n) is 3.79. The first-order valence-corrected chi connectivity index (χ1v) is 10.1. The maximum Gasteiger partial charge on any atom is 0.243 e. The topological polar surface area (TPSA) is 71.2 Å². The summed E-state index contributed by atoms with van der Waals surface area (Å²) in [5.74, 6) is 1.16. The Hall–Kier alpha value is -3.26. The summed E-state index contributed by atoms with van der Waals surface area (Å²) >= 11 is 6.26. The first-order valence-electron chi connectivity index (χ1n) is 9.76. The molecule has 1 fully saturated rings. The second-order valence-electron chi connectivity index (χ2n) is 7.22. The molecular weight excluding hydrogens is 405 g/mol. The van der Waals surface area contributed by atoms with Crippen LogP contribution in [0.3, 0.4) is 0 Å². The molecule has 1 aliphatic rings. The Kier molecular flexibility index (Phi) is 4.92. The molecule has 152 valence electrons. The van der Waals surface area contributed by atoms with Gasteiger partial charge in [-0.2, -0.15) is 4.98 Å². The molecule has 0 bridgehead atoms. The Morgan fingerprint density at radius 1 is 1.10 bits per heavy atom. The van der Waals surface area contributed by atoms with Crippen LogP contribution in [0.5, 0.6) is 0 Å². The van der Waals surface area contributed by atoms with Gasteiger partial charge in [-0.25, -0.2) is 18.9 Å². The van der Waals surface area contributed by atoms with Crippen LogP contribution in [-0.2, 0) is 0 Å². The monoisotopic (exact) mass is 423 g/mol. The zero-order chi connectivity index (χ0) is 20.5. The van der Waals surface area contributed by atoms with Gasteiger partial charge in [-0.15, -0.1) is 5.10 Å². The number of benzene rings is 1. The highest BCUT2D eigenvalue weighted by Gasteiger charge is 2.21. The summed E-state index contributed by atoms with van der Waals surface area (Å²) in [4.78, 5) is 15.2. The molecule has 1 N–H and O–H groups in total. The van der Waals surface area contributed by atoms with Crippen molar-refractivity contribution in [3.8, 4) is 11.1 Å².